The van der Waals surface area contributed by atoms with Crippen LogP contribution in [0.3, 0.4) is 0 Å². The number of hydrogen-bond acceptors (Lipinski definition) is 4. The van der Waals surface area contributed by atoms with Crippen LogP contribution in [0.2, 0.25) is 5.02 Å². The normalized spacial score (nSPS) is 16.3. The third kappa shape index (κ3) is 7.20. The van der Waals surface area contributed by atoms with Crippen molar-refractivity contribution < 1.29 is 9.53 Å². The number of benzene rings is 1. The summed E-state index contributed by atoms with van der Waals surface area (Å²) < 4.78 is 5.51. The first-order valence-corrected chi connectivity index (χ1v) is 8.57. The Kier molecular flexibility index (Phi) is 7.65. The Morgan fingerprint density at radius 3 is 2.83 bits per heavy atom. The van der Waals surface area contributed by atoms with E-state index < -0.39 is 0 Å². The highest BCUT2D eigenvalue weighted by atomic mass is 35.5. The number of carbonyl (C=O) groups excluding carboxylic acids is 1. The summed E-state index contributed by atoms with van der Waals surface area (Å²) in [4.78, 5) is 16.6. The zero-order valence-corrected chi connectivity index (χ0v) is 14.5. The third-order valence-corrected chi connectivity index (χ3v) is 4.20. The van der Waals surface area contributed by atoms with Crippen LogP contribution in [0, 0.1) is 0 Å². The first kappa shape index (κ1) is 18.0. The fraction of sp³-hybridized carbons (Fsp3) is 0.588. The molecule has 128 valence electrons. The molecule has 6 heteroatoms. The van der Waals surface area contributed by atoms with Crippen molar-refractivity contribution in [2.24, 2.45) is 0 Å². The molecule has 0 bridgehead atoms. The van der Waals surface area contributed by atoms with Gasteiger partial charge in [0, 0.05) is 37.7 Å². The molecule has 1 aliphatic rings. The van der Waals surface area contributed by atoms with Crippen LogP contribution in [0.5, 0.6) is 5.75 Å². The zero-order chi connectivity index (χ0) is 16.5. The van der Waals surface area contributed by atoms with Crippen molar-refractivity contribution in [3.05, 3.63) is 29.3 Å². The van der Waals surface area contributed by atoms with Gasteiger partial charge >= 0.3 is 0 Å². The van der Waals surface area contributed by atoms with Gasteiger partial charge in [0.15, 0.2) is 0 Å². The van der Waals surface area contributed by atoms with Crippen molar-refractivity contribution in [3.8, 4) is 5.75 Å². The molecule has 2 rings (SSSR count). The summed E-state index contributed by atoms with van der Waals surface area (Å²) in [6.45, 7) is 6.65. The van der Waals surface area contributed by atoms with Crippen LogP contribution in [-0.4, -0.2) is 68.6 Å². The molecule has 0 saturated carbocycles. The predicted molar refractivity (Wildman–Crippen MR) is 93.1 cm³/mol. The molecule has 0 radical (unpaired) electrons. The maximum atomic E-state index is 11.8. The lowest BCUT2D eigenvalue weighted by molar-refractivity contribution is -0.121. The van der Waals surface area contributed by atoms with Gasteiger partial charge in [-0.05, 0) is 38.2 Å². The van der Waals surface area contributed by atoms with Gasteiger partial charge in [-0.15, -0.1) is 0 Å². The Balaban J connectivity index is 1.50. The summed E-state index contributed by atoms with van der Waals surface area (Å²) in [5.41, 5.74) is 0. The fourth-order valence-corrected chi connectivity index (χ4v) is 2.69. The average molecular weight is 340 g/mol. The van der Waals surface area contributed by atoms with E-state index in [1.54, 1.807) is 12.1 Å². The highest BCUT2D eigenvalue weighted by molar-refractivity contribution is 6.30. The molecule has 1 amide bonds. The summed E-state index contributed by atoms with van der Waals surface area (Å²) in [5.74, 6) is 0.728. The zero-order valence-electron chi connectivity index (χ0n) is 13.8. The molecule has 0 spiro atoms. The SMILES string of the molecule is CN1CCN(CCCNC(=O)CCOc2cccc(Cl)c2)CC1. The lowest BCUT2D eigenvalue weighted by Crippen LogP contribution is -2.45. The Morgan fingerprint density at radius 1 is 1.30 bits per heavy atom. The summed E-state index contributed by atoms with van der Waals surface area (Å²) in [6, 6.07) is 7.20. The van der Waals surface area contributed by atoms with E-state index in [9.17, 15) is 4.79 Å². The molecule has 1 saturated heterocycles. The second-order valence-corrected chi connectivity index (χ2v) is 6.34. The van der Waals surface area contributed by atoms with Crippen LogP contribution in [0.1, 0.15) is 12.8 Å². The molecule has 1 aromatic rings. The molecule has 0 aliphatic carbocycles. The first-order valence-electron chi connectivity index (χ1n) is 8.19. The summed E-state index contributed by atoms with van der Waals surface area (Å²) in [7, 11) is 2.16. The second-order valence-electron chi connectivity index (χ2n) is 5.90. The van der Waals surface area contributed by atoms with E-state index in [0.29, 0.717) is 23.8 Å². The molecule has 1 aliphatic heterocycles. The Bertz CT molecular complexity index is 490. The smallest absolute Gasteiger partial charge is 0.223 e. The third-order valence-electron chi connectivity index (χ3n) is 3.96. The van der Waals surface area contributed by atoms with Crippen molar-refractivity contribution in [3.63, 3.8) is 0 Å². The van der Waals surface area contributed by atoms with E-state index in [2.05, 4.69) is 22.2 Å². The van der Waals surface area contributed by atoms with Gasteiger partial charge in [0.25, 0.3) is 0 Å². The minimum atomic E-state index is 0.0328. The quantitative estimate of drug-likeness (QED) is 0.734. The van der Waals surface area contributed by atoms with Crippen molar-refractivity contribution >= 4 is 17.5 Å². The Labute approximate surface area is 143 Å². The maximum Gasteiger partial charge on any atom is 0.223 e. The molecule has 1 fully saturated rings. The molecule has 0 atom stereocenters. The summed E-state index contributed by atoms with van der Waals surface area (Å²) in [6.07, 6.45) is 1.35. The molecule has 0 aromatic heterocycles. The lowest BCUT2D eigenvalue weighted by Gasteiger charge is -2.32. The minimum Gasteiger partial charge on any atom is -0.493 e. The fourth-order valence-electron chi connectivity index (χ4n) is 2.51. The van der Waals surface area contributed by atoms with Gasteiger partial charge in [-0.3, -0.25) is 4.79 Å². The number of amides is 1. The van der Waals surface area contributed by atoms with Crippen LogP contribution < -0.4 is 10.1 Å². The molecular formula is C17H26ClN3O2. The van der Waals surface area contributed by atoms with Crippen LogP contribution in [0.15, 0.2) is 24.3 Å². The van der Waals surface area contributed by atoms with Crippen LogP contribution >= 0.6 is 11.6 Å². The molecule has 0 unspecified atom stereocenters. The van der Waals surface area contributed by atoms with Crippen LogP contribution in [-0.2, 0) is 4.79 Å². The molecule has 1 N–H and O–H groups in total. The molecule has 5 nitrogen and oxygen atoms in total. The van der Waals surface area contributed by atoms with E-state index in [0.717, 1.165) is 45.7 Å². The molecular weight excluding hydrogens is 314 g/mol. The number of rotatable bonds is 8. The van der Waals surface area contributed by atoms with E-state index in [1.165, 1.54) is 0 Å². The number of carbonyl (C=O) groups is 1. The number of likely N-dealkylation sites (N-methyl/N-ethyl adjacent to an activating group) is 1. The van der Waals surface area contributed by atoms with Gasteiger partial charge in [0.2, 0.25) is 5.91 Å². The highest BCUT2D eigenvalue weighted by Crippen LogP contribution is 2.17. The summed E-state index contributed by atoms with van der Waals surface area (Å²) in [5, 5.41) is 3.58. The Morgan fingerprint density at radius 2 is 2.09 bits per heavy atom. The van der Waals surface area contributed by atoms with Gasteiger partial charge in [-0.2, -0.15) is 0 Å². The Hall–Kier alpha value is -1.30. The number of ether oxygens (including phenoxy) is 1. The van der Waals surface area contributed by atoms with Crippen LogP contribution in [0.4, 0.5) is 0 Å². The number of piperazine rings is 1. The first-order chi connectivity index (χ1) is 11.1. The van der Waals surface area contributed by atoms with E-state index in [1.807, 2.05) is 12.1 Å². The molecule has 1 aromatic carbocycles. The maximum absolute atomic E-state index is 11.8. The van der Waals surface area contributed by atoms with Crippen molar-refractivity contribution in [2.45, 2.75) is 12.8 Å². The monoisotopic (exact) mass is 339 g/mol. The van der Waals surface area contributed by atoms with Gasteiger partial charge in [-0.1, -0.05) is 17.7 Å². The van der Waals surface area contributed by atoms with E-state index >= 15 is 0 Å². The summed E-state index contributed by atoms with van der Waals surface area (Å²) >= 11 is 5.88. The predicted octanol–water partition coefficient (Wildman–Crippen LogP) is 1.86. The van der Waals surface area contributed by atoms with Gasteiger partial charge in [0.1, 0.15) is 5.75 Å². The van der Waals surface area contributed by atoms with Gasteiger partial charge < -0.3 is 19.9 Å². The number of nitrogens with zero attached hydrogens (tertiary/aromatic N) is 2. The van der Waals surface area contributed by atoms with Gasteiger partial charge in [-0.25, -0.2) is 0 Å². The van der Waals surface area contributed by atoms with Crippen molar-refractivity contribution in [1.29, 1.82) is 0 Å². The van der Waals surface area contributed by atoms with E-state index in [-0.39, 0.29) is 5.91 Å². The lowest BCUT2D eigenvalue weighted by atomic mass is 10.3. The van der Waals surface area contributed by atoms with Crippen LogP contribution in [0.25, 0.3) is 0 Å². The van der Waals surface area contributed by atoms with Crippen molar-refractivity contribution in [2.75, 3.05) is 52.9 Å². The number of nitrogens with one attached hydrogen (secondary N) is 1. The average Bonchev–Trinajstić information content (AvgIpc) is 2.53. The van der Waals surface area contributed by atoms with Gasteiger partial charge in [0.05, 0.1) is 13.0 Å². The second kappa shape index (κ2) is 9.75. The highest BCUT2D eigenvalue weighted by Gasteiger charge is 2.12. The largest absolute Gasteiger partial charge is 0.493 e. The minimum absolute atomic E-state index is 0.0328. The topological polar surface area (TPSA) is 44.8 Å². The van der Waals surface area contributed by atoms with E-state index in [4.69, 9.17) is 16.3 Å². The molecule has 1 heterocycles. The number of halogens is 1. The number of hydrogen-bond donors (Lipinski definition) is 1. The molecule has 23 heavy (non-hydrogen) atoms. The standard InChI is InChI=1S/C17H26ClN3O2/c1-20-9-11-21(12-10-20)8-3-7-19-17(22)6-13-23-16-5-2-4-15(18)14-16/h2,4-5,14H,3,6-13H2,1H3,(H,19,22). The van der Waals surface area contributed by atoms with Crippen molar-refractivity contribution in [1.82, 2.24) is 15.1 Å².